The smallest absolute Gasteiger partial charge is 0.363 e. The van der Waals surface area contributed by atoms with Gasteiger partial charge >= 0.3 is 7.60 Å². The van der Waals surface area contributed by atoms with Crippen LogP contribution >= 0.6 is 7.60 Å². The van der Waals surface area contributed by atoms with Crippen LogP contribution in [0.5, 0.6) is 5.75 Å². The summed E-state index contributed by atoms with van der Waals surface area (Å²) in [6, 6.07) is 5.81. The van der Waals surface area contributed by atoms with Gasteiger partial charge in [0.15, 0.2) is 5.34 Å². The van der Waals surface area contributed by atoms with E-state index in [1.54, 1.807) is 19.1 Å². The molecule has 21 heavy (non-hydrogen) atoms. The Morgan fingerprint density at radius 1 is 1.24 bits per heavy atom. The lowest BCUT2D eigenvalue weighted by Gasteiger charge is -2.28. The molecule has 2 unspecified atom stereocenters. The normalized spacial score (nSPS) is 16.3. The lowest BCUT2D eigenvalue weighted by Crippen LogP contribution is -2.22. The SMILES string of the molecule is CCNCC.CCOP(=O)(O)C(C)(O)c1ccccc1O. The third-order valence-electron chi connectivity index (χ3n) is 2.77. The van der Waals surface area contributed by atoms with Crippen molar-refractivity contribution in [3.63, 3.8) is 0 Å². The van der Waals surface area contributed by atoms with E-state index in [1.807, 2.05) is 0 Å². The zero-order chi connectivity index (χ0) is 16.5. The molecular formula is C14H26NO5P. The highest BCUT2D eigenvalue weighted by Gasteiger charge is 2.46. The molecule has 0 spiro atoms. The number of phenolic OH excluding ortho intramolecular Hbond substituents is 1. The van der Waals surface area contributed by atoms with Crippen molar-refractivity contribution in [1.29, 1.82) is 0 Å². The Bertz CT molecular complexity index is 462. The predicted molar refractivity (Wildman–Crippen MR) is 83.3 cm³/mol. The fraction of sp³-hybridized carbons (Fsp3) is 0.571. The summed E-state index contributed by atoms with van der Waals surface area (Å²) >= 11 is 0. The molecule has 0 radical (unpaired) electrons. The zero-order valence-corrected chi connectivity index (χ0v) is 13.9. The molecule has 0 aliphatic carbocycles. The van der Waals surface area contributed by atoms with Gasteiger partial charge in [0.25, 0.3) is 0 Å². The number of para-hydroxylation sites is 1. The lowest BCUT2D eigenvalue weighted by atomic mass is 10.1. The van der Waals surface area contributed by atoms with Crippen LogP contribution in [0.4, 0.5) is 0 Å². The number of aromatic hydroxyl groups is 1. The van der Waals surface area contributed by atoms with E-state index in [1.165, 1.54) is 12.1 Å². The maximum atomic E-state index is 11.8. The maximum Gasteiger partial charge on any atom is 0.363 e. The van der Waals surface area contributed by atoms with Crippen LogP contribution in [0.15, 0.2) is 24.3 Å². The van der Waals surface area contributed by atoms with Gasteiger partial charge in [0.05, 0.1) is 6.61 Å². The molecule has 0 amide bonds. The van der Waals surface area contributed by atoms with Crippen molar-refractivity contribution >= 4 is 7.60 Å². The molecule has 1 aromatic carbocycles. The van der Waals surface area contributed by atoms with Gasteiger partial charge in [-0.05, 0) is 33.0 Å². The van der Waals surface area contributed by atoms with Crippen molar-refractivity contribution in [3.8, 4) is 5.75 Å². The molecule has 0 bridgehead atoms. The van der Waals surface area contributed by atoms with Crippen molar-refractivity contribution in [1.82, 2.24) is 5.32 Å². The van der Waals surface area contributed by atoms with E-state index in [-0.39, 0.29) is 17.9 Å². The van der Waals surface area contributed by atoms with Gasteiger partial charge in [-0.1, -0.05) is 32.0 Å². The van der Waals surface area contributed by atoms with E-state index < -0.39 is 12.9 Å². The van der Waals surface area contributed by atoms with Crippen molar-refractivity contribution in [2.75, 3.05) is 19.7 Å². The molecule has 0 heterocycles. The first-order valence-corrected chi connectivity index (χ1v) is 8.51. The Hall–Kier alpha value is -0.910. The maximum absolute atomic E-state index is 11.8. The quantitative estimate of drug-likeness (QED) is 0.601. The first-order chi connectivity index (χ1) is 9.74. The third-order valence-corrected chi connectivity index (χ3v) is 4.72. The fourth-order valence-electron chi connectivity index (χ4n) is 1.58. The zero-order valence-electron chi connectivity index (χ0n) is 13.0. The van der Waals surface area contributed by atoms with Gasteiger partial charge in [0.2, 0.25) is 0 Å². The minimum atomic E-state index is -4.25. The first kappa shape index (κ1) is 20.1. The molecule has 0 saturated heterocycles. The van der Waals surface area contributed by atoms with Crippen LogP contribution in [0.25, 0.3) is 0 Å². The van der Waals surface area contributed by atoms with Crippen LogP contribution in [0, 0.1) is 0 Å². The molecule has 7 heteroatoms. The van der Waals surface area contributed by atoms with Crippen molar-refractivity contribution in [2.24, 2.45) is 0 Å². The Labute approximate surface area is 126 Å². The molecule has 6 nitrogen and oxygen atoms in total. The number of aliphatic hydroxyl groups is 1. The second-order valence-electron chi connectivity index (χ2n) is 4.43. The first-order valence-electron chi connectivity index (χ1n) is 6.93. The number of nitrogens with one attached hydrogen (secondary N) is 1. The predicted octanol–water partition coefficient (Wildman–Crippen LogP) is 2.39. The summed E-state index contributed by atoms with van der Waals surface area (Å²) in [7, 11) is -4.25. The van der Waals surface area contributed by atoms with Crippen LogP contribution in [0.3, 0.4) is 0 Å². The third kappa shape index (κ3) is 5.77. The van der Waals surface area contributed by atoms with E-state index in [4.69, 9.17) is 0 Å². The summed E-state index contributed by atoms with van der Waals surface area (Å²) in [5.41, 5.74) is -0.0331. The van der Waals surface area contributed by atoms with Gasteiger partial charge < -0.3 is 24.9 Å². The van der Waals surface area contributed by atoms with E-state index in [0.717, 1.165) is 20.0 Å². The van der Waals surface area contributed by atoms with Crippen molar-refractivity contribution in [2.45, 2.75) is 33.0 Å². The van der Waals surface area contributed by atoms with Crippen LogP contribution in [-0.4, -0.2) is 34.8 Å². The minimum absolute atomic E-state index is 0.00246. The molecule has 0 aliphatic rings. The Morgan fingerprint density at radius 2 is 1.76 bits per heavy atom. The van der Waals surface area contributed by atoms with Gasteiger partial charge in [-0.25, -0.2) is 0 Å². The highest BCUT2D eigenvalue weighted by molar-refractivity contribution is 7.53. The number of benzene rings is 1. The van der Waals surface area contributed by atoms with Crippen LogP contribution in [0.1, 0.15) is 33.3 Å². The summed E-state index contributed by atoms with van der Waals surface area (Å²) < 4.78 is 16.4. The van der Waals surface area contributed by atoms with Crippen LogP contribution in [-0.2, 0) is 14.4 Å². The van der Waals surface area contributed by atoms with Gasteiger partial charge in [-0.2, -0.15) is 0 Å². The highest BCUT2D eigenvalue weighted by Crippen LogP contribution is 2.60. The highest BCUT2D eigenvalue weighted by atomic mass is 31.2. The van der Waals surface area contributed by atoms with Crippen molar-refractivity contribution in [3.05, 3.63) is 29.8 Å². The minimum Gasteiger partial charge on any atom is -0.508 e. The summed E-state index contributed by atoms with van der Waals surface area (Å²) in [5.74, 6) is -0.249. The second kappa shape index (κ2) is 9.18. The van der Waals surface area contributed by atoms with Crippen LogP contribution in [0.2, 0.25) is 0 Å². The molecule has 1 aromatic rings. The molecule has 2 atom stereocenters. The average Bonchev–Trinajstić information content (AvgIpc) is 2.40. The fourth-order valence-corrected chi connectivity index (χ4v) is 2.67. The molecule has 0 fully saturated rings. The van der Waals surface area contributed by atoms with Gasteiger partial charge in [0, 0.05) is 5.56 Å². The monoisotopic (exact) mass is 319 g/mol. The topological polar surface area (TPSA) is 99.0 Å². The van der Waals surface area contributed by atoms with Crippen LogP contribution < -0.4 is 5.32 Å². The second-order valence-corrected chi connectivity index (χ2v) is 6.60. The summed E-state index contributed by atoms with van der Waals surface area (Å²) in [6.45, 7) is 9.07. The Morgan fingerprint density at radius 3 is 2.14 bits per heavy atom. The Balaban J connectivity index is 0.000000690. The molecule has 0 saturated carbocycles. The number of rotatable bonds is 6. The molecule has 4 N–H and O–H groups in total. The van der Waals surface area contributed by atoms with E-state index in [9.17, 15) is 19.7 Å². The molecular weight excluding hydrogens is 293 g/mol. The number of hydrogen-bond donors (Lipinski definition) is 4. The average molecular weight is 319 g/mol. The van der Waals surface area contributed by atoms with Gasteiger partial charge in [-0.3, -0.25) is 4.57 Å². The number of hydrogen-bond acceptors (Lipinski definition) is 5. The Kier molecular flexibility index (Phi) is 8.78. The van der Waals surface area contributed by atoms with E-state index in [0.29, 0.717) is 0 Å². The molecule has 122 valence electrons. The summed E-state index contributed by atoms with van der Waals surface area (Å²) in [6.07, 6.45) is 0. The lowest BCUT2D eigenvalue weighted by molar-refractivity contribution is 0.0923. The molecule has 1 rings (SSSR count). The van der Waals surface area contributed by atoms with Gasteiger partial charge in [0.1, 0.15) is 5.75 Å². The largest absolute Gasteiger partial charge is 0.508 e. The van der Waals surface area contributed by atoms with Crippen molar-refractivity contribution < 1.29 is 24.2 Å². The summed E-state index contributed by atoms with van der Waals surface area (Å²) in [4.78, 5) is 9.59. The van der Waals surface area contributed by atoms with E-state index in [2.05, 4.69) is 23.7 Å². The summed E-state index contributed by atoms with van der Waals surface area (Å²) in [5, 5.41) is 20.5. The molecule has 0 aromatic heterocycles. The van der Waals surface area contributed by atoms with E-state index >= 15 is 0 Å². The number of phenols is 1. The standard InChI is InChI=1S/C10H15O5P.C4H11N/c1-3-15-16(13,14)10(2,12)8-6-4-5-7-9(8)11;1-3-5-4-2/h4-7,11-12H,3H2,1-2H3,(H,13,14);5H,3-4H2,1-2H3. The van der Waals surface area contributed by atoms with Gasteiger partial charge in [-0.15, -0.1) is 0 Å². The molecule has 0 aliphatic heterocycles.